The maximum atomic E-state index is 9.16. The second-order valence-electron chi connectivity index (χ2n) is 29.7. The normalized spacial score (nSPS) is 14.6. The average molecular weight is 1350 g/mol. The van der Waals surface area contributed by atoms with Crippen LogP contribution >= 0.6 is 0 Å². The first-order valence-corrected chi connectivity index (χ1v) is 67.2. The summed E-state index contributed by atoms with van der Waals surface area (Å²) in [5.41, 5.74) is 0. The first-order valence-electron chi connectivity index (χ1n) is 29.9. The molecule has 28 heteroatoms. The molecular formula is C52H136O16Si12. The standard InChI is InChI=1S/C14H36O4Si3.2C13H34O4Si3.C12H32O4Si3/c1-14(15-2)13-16-11-10-12-21(9,17-19(3,4)5)18-20(6,7)8;1-14-11-12-15-10-9-13-20(8,16-18(2,3)4)17-19(5,6)7;1-13(14)12-15-10-9-11-20(8,16-18(2,3)4)17-19(5,6)7;1-17(2,3)15-19(7,16-18(4,5)6)12-8-10-14-11-9-13/h14H,10-13H2,1-9H3;9-13H2,1-8H3;13-14H,9-12H2,1-8H3;13H,8-12H2,1-7H3. The van der Waals surface area contributed by atoms with Crippen molar-refractivity contribution in [1.82, 2.24) is 0 Å². The van der Waals surface area contributed by atoms with Crippen LogP contribution in [0.4, 0.5) is 0 Å². The highest BCUT2D eigenvalue weighted by Gasteiger charge is 2.43. The Kier molecular flexibility index (Phi) is 45.6. The molecule has 0 aromatic rings. The average Bonchev–Trinajstić information content (AvgIpc) is 3.16. The van der Waals surface area contributed by atoms with Gasteiger partial charge in [-0.1, -0.05) is 0 Å². The molecule has 0 fully saturated rings. The van der Waals surface area contributed by atoms with E-state index < -0.39 is 107 Å². The molecule has 2 atom stereocenters. The van der Waals surface area contributed by atoms with Gasteiger partial charge in [-0.2, -0.15) is 0 Å². The zero-order valence-electron chi connectivity index (χ0n) is 58.5. The van der Waals surface area contributed by atoms with E-state index in [0.29, 0.717) is 46.2 Å². The van der Waals surface area contributed by atoms with Gasteiger partial charge in [0.15, 0.2) is 66.5 Å². The van der Waals surface area contributed by atoms with Crippen LogP contribution in [-0.4, -0.2) is 203 Å². The quantitative estimate of drug-likeness (QED) is 0.0437. The van der Waals surface area contributed by atoms with Crippen LogP contribution in [0.1, 0.15) is 39.5 Å². The minimum atomic E-state index is -2.12. The van der Waals surface area contributed by atoms with Gasteiger partial charge in [0.05, 0.1) is 51.8 Å². The molecule has 0 amide bonds. The van der Waals surface area contributed by atoms with Gasteiger partial charge in [0, 0.05) is 40.6 Å². The minimum Gasteiger partial charge on any atom is -0.437 e. The first kappa shape index (κ1) is 88.4. The molecule has 0 heterocycles. The van der Waals surface area contributed by atoms with Crippen molar-refractivity contribution in [2.75, 3.05) is 80.3 Å². The van der Waals surface area contributed by atoms with E-state index in [1.54, 1.807) is 21.1 Å². The van der Waals surface area contributed by atoms with Crippen molar-refractivity contribution in [2.45, 2.75) is 259 Å². The minimum absolute atomic E-state index is 0.0888. The summed E-state index contributed by atoms with van der Waals surface area (Å²) >= 11 is 0. The lowest BCUT2D eigenvalue weighted by molar-refractivity contribution is 0.0185. The van der Waals surface area contributed by atoms with Crippen molar-refractivity contribution in [1.29, 1.82) is 0 Å². The Morgan fingerprint density at radius 2 is 0.525 bits per heavy atom. The van der Waals surface area contributed by atoms with Crippen molar-refractivity contribution in [2.24, 2.45) is 0 Å². The highest BCUT2D eigenvalue weighted by Crippen LogP contribution is 2.29. The number of hydrogen-bond acceptors (Lipinski definition) is 16. The molecule has 2 unspecified atom stereocenters. The first-order chi connectivity index (χ1) is 35.6. The van der Waals surface area contributed by atoms with Gasteiger partial charge in [0.2, 0.25) is 0 Å². The van der Waals surface area contributed by atoms with Gasteiger partial charge in [-0.05, 0) is 247 Å². The van der Waals surface area contributed by atoms with Crippen LogP contribution in [0.5, 0.6) is 0 Å². The topological polar surface area (TPSA) is 170 Å². The van der Waals surface area contributed by atoms with Gasteiger partial charge < -0.3 is 71.6 Å². The molecule has 80 heavy (non-hydrogen) atoms. The van der Waals surface area contributed by atoms with Crippen LogP contribution in [0, 0.1) is 0 Å². The Labute approximate surface area is 508 Å². The molecule has 0 saturated carbocycles. The number of ether oxygens (including phenoxy) is 6. The molecule has 2 N–H and O–H groups in total. The van der Waals surface area contributed by atoms with Gasteiger partial charge in [-0.15, -0.1) is 0 Å². The maximum Gasteiger partial charge on any atom is 0.314 e. The van der Waals surface area contributed by atoms with Gasteiger partial charge >= 0.3 is 34.2 Å². The van der Waals surface area contributed by atoms with Gasteiger partial charge in [-0.3, -0.25) is 0 Å². The Balaban J connectivity index is -0.000000482. The number of aliphatic hydroxyl groups is 2. The molecule has 0 aliphatic heterocycles. The van der Waals surface area contributed by atoms with Gasteiger partial charge in [0.1, 0.15) is 0 Å². The third kappa shape index (κ3) is 65.9. The molecule has 0 bridgehead atoms. The van der Waals surface area contributed by atoms with Crippen LogP contribution in [0.15, 0.2) is 0 Å². The highest BCUT2D eigenvalue weighted by molar-refractivity contribution is 6.90. The smallest absolute Gasteiger partial charge is 0.314 e. The van der Waals surface area contributed by atoms with Crippen molar-refractivity contribution >= 4 is 101 Å². The van der Waals surface area contributed by atoms with Crippen LogP contribution < -0.4 is 0 Å². The fraction of sp³-hybridized carbons (Fsp3) is 1.00. The summed E-state index contributed by atoms with van der Waals surface area (Å²) < 4.78 is 83.5. The Morgan fingerprint density at radius 3 is 0.725 bits per heavy atom. The van der Waals surface area contributed by atoms with Gasteiger partial charge in [0.25, 0.3) is 0 Å². The molecule has 0 saturated heterocycles. The summed E-state index contributed by atoms with van der Waals surface area (Å²) in [5, 5.41) is 17.8. The second-order valence-corrected chi connectivity index (χ2v) is 81.1. The fourth-order valence-corrected chi connectivity index (χ4v) is 58.7. The predicted octanol–water partition coefficient (Wildman–Crippen LogP) is 14.7. The summed E-state index contributed by atoms with van der Waals surface area (Å²) in [6, 6.07) is 3.94. The van der Waals surface area contributed by atoms with Crippen LogP contribution in [0.2, 0.25) is 207 Å². The largest absolute Gasteiger partial charge is 0.437 e. The van der Waals surface area contributed by atoms with E-state index in [1.165, 1.54) is 0 Å². The summed E-state index contributed by atoms with van der Waals surface area (Å²) in [6.45, 7) is 71.8. The summed E-state index contributed by atoms with van der Waals surface area (Å²) in [7, 11) is -17.7. The molecule has 0 aliphatic rings. The van der Waals surface area contributed by atoms with E-state index >= 15 is 0 Å². The lowest BCUT2D eigenvalue weighted by Crippen LogP contribution is -2.52. The van der Waals surface area contributed by atoms with Crippen molar-refractivity contribution in [3.8, 4) is 0 Å². The highest BCUT2D eigenvalue weighted by atomic mass is 28.5. The van der Waals surface area contributed by atoms with E-state index in [1.807, 2.05) is 6.92 Å². The monoisotopic (exact) mass is 1350 g/mol. The van der Waals surface area contributed by atoms with E-state index in [9.17, 15) is 0 Å². The number of rotatable bonds is 42. The zero-order valence-corrected chi connectivity index (χ0v) is 70.5. The fourth-order valence-electron chi connectivity index (χ4n) is 8.64. The summed E-state index contributed by atoms with van der Waals surface area (Å²) in [6.07, 6.45) is 3.64. The molecule has 0 aliphatic carbocycles. The Hall–Kier alpha value is 1.96. The third-order valence-electron chi connectivity index (χ3n) is 9.64. The Morgan fingerprint density at radius 1 is 0.300 bits per heavy atom. The Bertz CT molecular complexity index is 1440. The molecule has 0 radical (unpaired) electrons. The number of aliphatic hydroxyl groups excluding tert-OH is 2. The second kappa shape index (κ2) is 41.3. The molecule has 0 spiro atoms. The molecular weight excluding hydrogens is 1220 g/mol. The molecule has 0 aromatic carbocycles. The number of hydrogen-bond donors (Lipinski definition) is 2. The van der Waals surface area contributed by atoms with Crippen LogP contribution in [0.3, 0.4) is 0 Å². The zero-order chi connectivity index (χ0) is 63.8. The SMILES string of the molecule is CC(O)COCCC[Si](C)(O[Si](C)(C)C)O[Si](C)(C)C.COC(C)COCCC[Si](C)(O[Si](C)(C)C)O[Si](C)(C)C.COCCOCCC[Si](C)(O[Si](C)(C)C)O[Si](C)(C)C.C[Si](C)(C)O[Si](C)(CCCOCCO)O[Si](C)(C)C. The van der Waals surface area contributed by atoms with E-state index in [4.69, 9.17) is 71.6 Å². The van der Waals surface area contributed by atoms with Crippen molar-refractivity contribution in [3.63, 3.8) is 0 Å². The molecule has 0 rings (SSSR count). The van der Waals surface area contributed by atoms with Crippen molar-refractivity contribution < 1.29 is 71.6 Å². The maximum absolute atomic E-state index is 9.16. The van der Waals surface area contributed by atoms with E-state index in [0.717, 1.165) is 63.1 Å². The molecule has 16 nitrogen and oxygen atoms in total. The van der Waals surface area contributed by atoms with Crippen LogP contribution in [-0.2, 0) is 61.3 Å². The van der Waals surface area contributed by atoms with Crippen LogP contribution in [0.25, 0.3) is 0 Å². The van der Waals surface area contributed by atoms with E-state index in [2.05, 4.69) is 183 Å². The summed E-state index contributed by atoms with van der Waals surface area (Å²) in [5.74, 6) is 0. The van der Waals surface area contributed by atoms with Gasteiger partial charge in [-0.25, -0.2) is 0 Å². The number of methoxy groups -OCH3 is 2. The lowest BCUT2D eigenvalue weighted by atomic mass is 10.4. The third-order valence-corrected chi connectivity index (χ3v) is 48.1. The molecule has 488 valence electrons. The lowest BCUT2D eigenvalue weighted by Gasteiger charge is -2.38. The van der Waals surface area contributed by atoms with E-state index in [-0.39, 0.29) is 12.7 Å². The summed E-state index contributed by atoms with van der Waals surface area (Å²) in [4.78, 5) is 0. The predicted molar refractivity (Wildman–Crippen MR) is 370 cm³/mol. The van der Waals surface area contributed by atoms with Crippen molar-refractivity contribution in [3.05, 3.63) is 0 Å². The molecule has 0 aromatic heterocycles.